The zero-order chi connectivity index (χ0) is 52.3. The first-order valence-electron chi connectivity index (χ1n) is 24.5. The third kappa shape index (κ3) is 12.1. The number of ether oxygens (including phenoxy) is 5. The molecular weight excluding hydrogens is 951 g/mol. The van der Waals surface area contributed by atoms with Crippen LogP contribution >= 0.6 is 0 Å². The van der Waals surface area contributed by atoms with Gasteiger partial charge in [0.1, 0.15) is 6.61 Å². The van der Waals surface area contributed by atoms with E-state index in [-0.39, 0.29) is 87.3 Å². The molecule has 4 aromatic carbocycles. The summed E-state index contributed by atoms with van der Waals surface area (Å²) >= 11 is 0. The summed E-state index contributed by atoms with van der Waals surface area (Å²) in [5.74, 6) is -0.510. The van der Waals surface area contributed by atoms with E-state index in [1.165, 1.54) is 36.2 Å². The normalized spacial score (nSPS) is 13.6. The molecule has 5 amide bonds. The van der Waals surface area contributed by atoms with Crippen molar-refractivity contribution in [2.75, 3.05) is 53.0 Å². The van der Waals surface area contributed by atoms with Gasteiger partial charge in [-0.15, -0.1) is 0 Å². The molecule has 19 heteroatoms. The van der Waals surface area contributed by atoms with Gasteiger partial charge in [-0.2, -0.15) is 0 Å². The molecule has 0 saturated carbocycles. The second-order valence-electron chi connectivity index (χ2n) is 18.2. The van der Waals surface area contributed by atoms with Crippen LogP contribution < -0.4 is 40.9 Å². The monoisotopic (exact) mass is 1010 g/mol. The average Bonchev–Trinajstić information content (AvgIpc) is 4.01. The number of pyridine rings is 2. The van der Waals surface area contributed by atoms with Gasteiger partial charge in [-0.1, -0.05) is 48.9 Å². The van der Waals surface area contributed by atoms with Gasteiger partial charge in [-0.25, -0.2) is 4.79 Å². The smallest absolute Gasteiger partial charge is 0.409 e. The lowest BCUT2D eigenvalue weighted by atomic mass is 9.91. The molecule has 2 aliphatic heterocycles. The Hall–Kier alpha value is -8.32. The minimum atomic E-state index is -0.883. The Morgan fingerprint density at radius 3 is 2.20 bits per heavy atom. The van der Waals surface area contributed by atoms with Crippen LogP contribution in [0.3, 0.4) is 0 Å². The largest absolute Gasteiger partial charge is 0.493 e. The third-order valence-corrected chi connectivity index (χ3v) is 13.2. The number of anilines is 1. The third-order valence-electron chi connectivity index (χ3n) is 13.2. The first-order valence-corrected chi connectivity index (χ1v) is 24.5. The van der Waals surface area contributed by atoms with E-state index in [2.05, 4.69) is 10.6 Å². The van der Waals surface area contributed by atoms with Crippen LogP contribution in [-0.4, -0.2) is 109 Å². The number of hydrogen-bond acceptors (Lipinski definition) is 14. The number of likely N-dealkylation sites (N-methyl/N-ethyl adjacent to an activating group) is 1. The highest BCUT2D eigenvalue weighted by Crippen LogP contribution is 2.40. The lowest BCUT2D eigenvalue weighted by molar-refractivity contribution is -0.137. The molecule has 4 N–H and O–H groups in total. The van der Waals surface area contributed by atoms with Gasteiger partial charge in [0.2, 0.25) is 18.6 Å². The Morgan fingerprint density at radius 2 is 1.50 bits per heavy atom. The molecule has 0 unspecified atom stereocenters. The summed E-state index contributed by atoms with van der Waals surface area (Å²) in [7, 11) is 4.60. The summed E-state index contributed by atoms with van der Waals surface area (Å²) in [5, 5.41) is 8.15. The number of aromatic nitrogens is 2. The molecule has 0 radical (unpaired) electrons. The van der Waals surface area contributed by atoms with Gasteiger partial charge in [0.15, 0.2) is 28.8 Å². The Morgan fingerprint density at radius 1 is 0.797 bits per heavy atom. The quantitative estimate of drug-likeness (QED) is 0.0349. The molecule has 386 valence electrons. The Labute approximate surface area is 426 Å². The van der Waals surface area contributed by atoms with Crippen molar-refractivity contribution in [2.24, 2.45) is 11.7 Å². The molecule has 8 rings (SSSR count). The summed E-state index contributed by atoms with van der Waals surface area (Å²) in [6.45, 7) is 0.766. The number of imide groups is 1. The number of nitrogens with two attached hydrogens (primary N) is 1. The highest BCUT2D eigenvalue weighted by molar-refractivity contribution is 6.15. The van der Waals surface area contributed by atoms with Crippen LogP contribution in [0.1, 0.15) is 56.1 Å². The van der Waals surface area contributed by atoms with Gasteiger partial charge >= 0.3 is 6.09 Å². The van der Waals surface area contributed by atoms with Crippen LogP contribution in [0.15, 0.2) is 102 Å². The zero-order valence-electron chi connectivity index (χ0n) is 41.6. The molecule has 0 aliphatic carbocycles. The molecule has 19 nitrogen and oxygen atoms in total. The van der Waals surface area contributed by atoms with E-state index in [0.29, 0.717) is 105 Å². The SMILES string of the molecule is COc1cc2c(=O)n(CCN(C)C(=O)OCc3ccc(NC(=O)[C@H](CCCN)CC(=O)[C@H](Cc4ccccc4)NC(=O)CCCCCN4C(=O)C=CC4=O)cc3)c3c4cc5c(cc4ncc3c2cc1OC)OCO5. The Balaban J connectivity index is 0.877. The maximum atomic E-state index is 14.4. The van der Waals surface area contributed by atoms with Gasteiger partial charge in [0.25, 0.3) is 17.4 Å². The first-order chi connectivity index (χ1) is 35.8. The molecule has 2 atom stereocenters. The van der Waals surface area contributed by atoms with E-state index in [1.54, 1.807) is 66.3 Å². The summed E-state index contributed by atoms with van der Waals surface area (Å²) in [4.78, 5) is 99.7. The molecule has 74 heavy (non-hydrogen) atoms. The fraction of sp³-hybridized carbons (Fsp3) is 0.345. The van der Waals surface area contributed by atoms with Crippen molar-refractivity contribution in [2.45, 2.75) is 70.6 Å². The Kier molecular flexibility index (Phi) is 16.8. The maximum absolute atomic E-state index is 14.4. The summed E-state index contributed by atoms with van der Waals surface area (Å²) < 4.78 is 29.7. The average molecular weight is 1010 g/mol. The summed E-state index contributed by atoms with van der Waals surface area (Å²) in [6.07, 6.45) is 6.28. The number of hydrogen-bond donors (Lipinski definition) is 3. The second kappa shape index (κ2) is 23.9. The van der Waals surface area contributed by atoms with Gasteiger partial charge in [-0.05, 0) is 80.1 Å². The highest BCUT2D eigenvalue weighted by atomic mass is 16.7. The molecule has 0 saturated heterocycles. The molecule has 2 aromatic heterocycles. The topological polar surface area (TPSA) is 240 Å². The number of fused-ring (bicyclic) bond motifs is 6. The van der Waals surface area contributed by atoms with Crippen LogP contribution in [0.2, 0.25) is 0 Å². The minimum Gasteiger partial charge on any atom is -0.493 e. The number of carbonyl (C=O) groups is 6. The molecule has 2 aliphatic rings. The Bertz CT molecular complexity index is 3160. The van der Waals surface area contributed by atoms with Crippen molar-refractivity contribution in [3.8, 4) is 23.0 Å². The number of nitrogens with one attached hydrogen (secondary N) is 2. The standard InChI is InChI=1S/C55H59N7O12/c1-60(23-24-62-52-40-29-47-48(74-33-73-47)30-42(40)57-31-41(52)38-27-45(70-2)46(71-3)28-39(38)54(62)68)55(69)72-32-35-15-17-37(18-16-35)58-53(67)36(13-10-21-56)26-44(63)43(25-34-11-6-4-7-12-34)59-49(64)14-8-5-9-22-61-50(65)19-20-51(61)66/h4,6-7,11-12,15-20,27-31,36,43H,5,8-10,13-14,21-26,32-33,56H2,1-3H3,(H,58,67)(H,59,64)/t36-,43+/m1/s1. The first kappa shape index (κ1) is 52.0. The van der Waals surface area contributed by atoms with E-state index in [9.17, 15) is 33.6 Å². The van der Waals surface area contributed by atoms with E-state index < -0.39 is 18.1 Å². The number of rotatable bonds is 24. The van der Waals surface area contributed by atoms with Crippen molar-refractivity contribution in [1.82, 2.24) is 24.7 Å². The van der Waals surface area contributed by atoms with Crippen LogP contribution in [-0.2, 0) is 48.3 Å². The minimum absolute atomic E-state index is 0.0610. The van der Waals surface area contributed by atoms with Crippen molar-refractivity contribution in [3.05, 3.63) is 119 Å². The van der Waals surface area contributed by atoms with Crippen LogP contribution in [0.4, 0.5) is 10.5 Å². The maximum Gasteiger partial charge on any atom is 0.409 e. The van der Waals surface area contributed by atoms with Gasteiger partial charge in [-0.3, -0.25) is 38.7 Å². The van der Waals surface area contributed by atoms with E-state index in [0.717, 1.165) is 5.56 Å². The van der Waals surface area contributed by atoms with Crippen LogP contribution in [0.5, 0.6) is 23.0 Å². The van der Waals surface area contributed by atoms with E-state index in [4.69, 9.17) is 34.4 Å². The lowest BCUT2D eigenvalue weighted by Gasteiger charge is -2.22. The number of Topliss-reactive ketones (excluding diaryl/α,β-unsaturated/α-hetero) is 1. The molecule has 0 fully saturated rings. The van der Waals surface area contributed by atoms with Crippen LogP contribution in [0, 0.1) is 5.92 Å². The molecule has 6 aromatic rings. The number of amides is 5. The second-order valence-corrected chi connectivity index (χ2v) is 18.2. The molecule has 0 spiro atoms. The number of ketones is 1. The van der Waals surface area contributed by atoms with E-state index >= 15 is 0 Å². The van der Waals surface area contributed by atoms with E-state index in [1.807, 2.05) is 30.3 Å². The predicted octanol–water partition coefficient (Wildman–Crippen LogP) is 6.18. The van der Waals surface area contributed by atoms with Gasteiger partial charge in [0, 0.05) is 91.7 Å². The van der Waals surface area contributed by atoms with Gasteiger partial charge in [0.05, 0.1) is 36.7 Å². The lowest BCUT2D eigenvalue weighted by Crippen LogP contribution is -2.43. The summed E-state index contributed by atoms with van der Waals surface area (Å²) in [6, 6.07) is 22.2. The predicted molar refractivity (Wildman–Crippen MR) is 276 cm³/mol. The fourth-order valence-electron chi connectivity index (χ4n) is 9.14. The van der Waals surface area contributed by atoms with Crippen molar-refractivity contribution in [1.29, 1.82) is 0 Å². The summed E-state index contributed by atoms with van der Waals surface area (Å²) in [5.41, 5.74) is 8.67. The number of nitrogens with zero attached hydrogens (tertiary/aromatic N) is 4. The zero-order valence-corrected chi connectivity index (χ0v) is 41.6. The van der Waals surface area contributed by atoms with Crippen molar-refractivity contribution in [3.63, 3.8) is 0 Å². The molecule has 0 bridgehead atoms. The number of benzene rings is 4. The molecular formula is C55H59N7O12. The number of carbonyl (C=O) groups excluding carboxylic acids is 6. The number of unbranched alkanes of at least 4 members (excludes halogenated alkanes) is 2. The van der Waals surface area contributed by atoms with Gasteiger partial charge < -0.3 is 49.5 Å². The van der Waals surface area contributed by atoms with Crippen molar-refractivity contribution < 1.29 is 52.5 Å². The highest BCUT2D eigenvalue weighted by Gasteiger charge is 2.29. The van der Waals surface area contributed by atoms with Crippen molar-refractivity contribution >= 4 is 73.8 Å². The fourth-order valence-corrected chi connectivity index (χ4v) is 9.14. The van der Waals surface area contributed by atoms with Crippen LogP contribution in [0.25, 0.3) is 32.6 Å². The molecule has 4 heterocycles. The number of methoxy groups -OCH3 is 2.